The second-order valence-corrected chi connectivity index (χ2v) is 9.85. The molecule has 226 valence electrons. The minimum atomic E-state index is -0.705. The lowest BCUT2D eigenvalue weighted by Gasteiger charge is -2.11. The standard InChI is InChI=1S/C28H39N9O5/c1-2-3-10-21-36-26-27(18-8-4-5-9-19(18)35-28(26)30)37(21)14-7-6-13-31-22(39)11-12-23(40)33-16-25(42)34-17-24(41)32-15-20(29)38/h4-5,8-9H,2-3,6-7,10-17H2,1H3,(H2,29,38)(H2,30,35)(H,31,39)(H,32,41)(H,33,40)(H,34,42). The van der Waals surface area contributed by atoms with Gasteiger partial charge in [0.25, 0.3) is 0 Å². The van der Waals surface area contributed by atoms with Gasteiger partial charge in [-0.2, -0.15) is 0 Å². The summed E-state index contributed by atoms with van der Waals surface area (Å²) in [7, 11) is 0. The molecular weight excluding hydrogens is 542 g/mol. The van der Waals surface area contributed by atoms with Gasteiger partial charge in [-0.25, -0.2) is 9.97 Å². The van der Waals surface area contributed by atoms with Crippen LogP contribution in [0.3, 0.4) is 0 Å². The van der Waals surface area contributed by atoms with Crippen LogP contribution >= 0.6 is 0 Å². The van der Waals surface area contributed by atoms with Crippen molar-refractivity contribution in [2.75, 3.05) is 31.9 Å². The first-order valence-corrected chi connectivity index (χ1v) is 14.1. The maximum atomic E-state index is 12.2. The Morgan fingerprint density at radius 3 is 2.14 bits per heavy atom. The van der Waals surface area contributed by atoms with Crippen LogP contribution in [0.15, 0.2) is 24.3 Å². The number of aromatic nitrogens is 3. The molecule has 0 bridgehead atoms. The third-order valence-electron chi connectivity index (χ3n) is 6.51. The van der Waals surface area contributed by atoms with E-state index in [1.807, 2.05) is 24.3 Å². The third-order valence-corrected chi connectivity index (χ3v) is 6.51. The summed E-state index contributed by atoms with van der Waals surface area (Å²) < 4.78 is 2.22. The van der Waals surface area contributed by atoms with Gasteiger partial charge in [0.15, 0.2) is 5.82 Å². The Morgan fingerprint density at radius 2 is 1.45 bits per heavy atom. The number of carbonyl (C=O) groups excluding carboxylic acids is 5. The highest BCUT2D eigenvalue weighted by Gasteiger charge is 2.17. The molecule has 0 aliphatic carbocycles. The number of unbranched alkanes of at least 4 members (excludes halogenated alkanes) is 2. The van der Waals surface area contributed by atoms with Crippen molar-refractivity contribution in [3.05, 3.63) is 30.1 Å². The number of amides is 5. The molecule has 14 heteroatoms. The van der Waals surface area contributed by atoms with Gasteiger partial charge in [-0.1, -0.05) is 31.5 Å². The van der Waals surface area contributed by atoms with Crippen LogP contribution < -0.4 is 32.7 Å². The molecule has 5 amide bonds. The molecule has 8 N–H and O–H groups in total. The number of aryl methyl sites for hydroxylation is 2. The zero-order chi connectivity index (χ0) is 30.5. The number of para-hydroxylation sites is 1. The fourth-order valence-electron chi connectivity index (χ4n) is 4.37. The maximum absolute atomic E-state index is 12.2. The van der Waals surface area contributed by atoms with Gasteiger partial charge in [0.05, 0.1) is 30.7 Å². The number of nitrogens with zero attached hydrogens (tertiary/aromatic N) is 3. The third kappa shape index (κ3) is 9.42. The van der Waals surface area contributed by atoms with Crippen molar-refractivity contribution in [3.8, 4) is 0 Å². The first kappa shape index (κ1) is 31.8. The number of hydrogen-bond donors (Lipinski definition) is 6. The van der Waals surface area contributed by atoms with E-state index in [4.69, 9.17) is 16.5 Å². The number of nitrogens with two attached hydrogens (primary N) is 2. The van der Waals surface area contributed by atoms with Gasteiger partial charge in [-0.3, -0.25) is 24.0 Å². The average molecular weight is 582 g/mol. The fraction of sp³-hybridized carbons (Fsp3) is 0.464. The molecule has 0 aliphatic rings. The van der Waals surface area contributed by atoms with Crippen LogP contribution in [0.1, 0.15) is 51.3 Å². The van der Waals surface area contributed by atoms with E-state index in [1.165, 1.54) is 0 Å². The lowest BCUT2D eigenvalue weighted by Crippen LogP contribution is -2.43. The van der Waals surface area contributed by atoms with Crippen LogP contribution in [-0.2, 0) is 36.9 Å². The van der Waals surface area contributed by atoms with Crippen molar-refractivity contribution in [2.45, 2.75) is 58.4 Å². The molecular formula is C28H39N9O5. The number of benzene rings is 1. The first-order chi connectivity index (χ1) is 20.2. The Hall–Kier alpha value is -4.75. The van der Waals surface area contributed by atoms with Crippen LogP contribution in [0.2, 0.25) is 0 Å². The van der Waals surface area contributed by atoms with Crippen LogP contribution in [0.5, 0.6) is 0 Å². The lowest BCUT2D eigenvalue weighted by atomic mass is 10.1. The minimum Gasteiger partial charge on any atom is -0.382 e. The Bertz CT molecular complexity index is 1440. The molecule has 0 aliphatic heterocycles. The molecule has 0 radical (unpaired) electrons. The summed E-state index contributed by atoms with van der Waals surface area (Å²) in [6.07, 6.45) is 4.34. The van der Waals surface area contributed by atoms with Gasteiger partial charge in [0, 0.05) is 37.7 Å². The highest BCUT2D eigenvalue weighted by Crippen LogP contribution is 2.29. The van der Waals surface area contributed by atoms with Crippen molar-refractivity contribution >= 4 is 57.3 Å². The number of anilines is 1. The molecule has 1 aromatic carbocycles. The van der Waals surface area contributed by atoms with Gasteiger partial charge in [0.1, 0.15) is 11.3 Å². The zero-order valence-corrected chi connectivity index (χ0v) is 23.8. The van der Waals surface area contributed by atoms with E-state index in [9.17, 15) is 24.0 Å². The van der Waals surface area contributed by atoms with Gasteiger partial charge in [0.2, 0.25) is 29.5 Å². The van der Waals surface area contributed by atoms with E-state index in [0.717, 1.165) is 66.4 Å². The molecule has 0 saturated carbocycles. The number of carbonyl (C=O) groups is 5. The molecule has 3 aromatic rings. The van der Waals surface area contributed by atoms with Crippen molar-refractivity contribution in [2.24, 2.45) is 5.73 Å². The van der Waals surface area contributed by atoms with Crippen molar-refractivity contribution < 1.29 is 24.0 Å². The number of nitrogens with one attached hydrogen (secondary N) is 4. The molecule has 2 heterocycles. The van der Waals surface area contributed by atoms with E-state index in [0.29, 0.717) is 12.4 Å². The van der Waals surface area contributed by atoms with Crippen molar-refractivity contribution in [3.63, 3.8) is 0 Å². The number of imidazole rings is 1. The summed E-state index contributed by atoms with van der Waals surface area (Å²) in [6, 6.07) is 7.88. The van der Waals surface area contributed by atoms with Gasteiger partial charge in [-0.15, -0.1) is 0 Å². The normalized spacial score (nSPS) is 10.9. The Labute approximate surface area is 243 Å². The molecule has 14 nitrogen and oxygen atoms in total. The van der Waals surface area contributed by atoms with Gasteiger partial charge in [-0.05, 0) is 25.3 Å². The van der Waals surface area contributed by atoms with Crippen molar-refractivity contribution in [1.82, 2.24) is 35.8 Å². The van der Waals surface area contributed by atoms with E-state index < -0.39 is 23.6 Å². The maximum Gasteiger partial charge on any atom is 0.239 e. The Balaban J connectivity index is 1.40. The molecule has 42 heavy (non-hydrogen) atoms. The second-order valence-electron chi connectivity index (χ2n) is 9.85. The molecule has 0 atom stereocenters. The molecule has 0 fully saturated rings. The summed E-state index contributed by atoms with van der Waals surface area (Å²) in [5.74, 6) is -1.21. The number of nitrogen functional groups attached to an aromatic ring is 1. The van der Waals surface area contributed by atoms with Crippen LogP contribution in [0.25, 0.3) is 21.9 Å². The summed E-state index contributed by atoms with van der Waals surface area (Å²) >= 11 is 0. The second kappa shape index (κ2) is 15.9. The van der Waals surface area contributed by atoms with E-state index in [1.54, 1.807) is 0 Å². The summed E-state index contributed by atoms with van der Waals surface area (Å²) in [4.78, 5) is 67.4. The van der Waals surface area contributed by atoms with Crippen LogP contribution in [0, 0.1) is 0 Å². The SMILES string of the molecule is CCCCc1nc2c(N)nc3ccccc3c2n1CCCCNC(=O)CCC(=O)NCC(=O)NCC(=O)NCC(N)=O. The number of rotatable bonds is 17. The van der Waals surface area contributed by atoms with Crippen LogP contribution in [-0.4, -0.2) is 70.2 Å². The zero-order valence-electron chi connectivity index (χ0n) is 23.8. The molecule has 0 spiro atoms. The highest BCUT2D eigenvalue weighted by atomic mass is 16.2. The predicted octanol–water partition coefficient (Wildman–Crippen LogP) is 0.0198. The fourth-order valence-corrected chi connectivity index (χ4v) is 4.37. The summed E-state index contributed by atoms with van der Waals surface area (Å²) in [6.45, 7) is 2.28. The number of primary amides is 1. The molecule has 2 aromatic heterocycles. The number of hydrogen-bond acceptors (Lipinski definition) is 8. The van der Waals surface area contributed by atoms with E-state index in [-0.39, 0.29) is 38.4 Å². The van der Waals surface area contributed by atoms with Crippen molar-refractivity contribution in [1.29, 1.82) is 0 Å². The predicted molar refractivity (Wildman–Crippen MR) is 158 cm³/mol. The van der Waals surface area contributed by atoms with E-state index >= 15 is 0 Å². The van der Waals surface area contributed by atoms with Crippen LogP contribution in [0.4, 0.5) is 5.82 Å². The highest BCUT2D eigenvalue weighted by molar-refractivity contribution is 6.06. The first-order valence-electron chi connectivity index (χ1n) is 14.1. The lowest BCUT2D eigenvalue weighted by molar-refractivity contribution is -0.129. The van der Waals surface area contributed by atoms with Gasteiger partial charge < -0.3 is 37.3 Å². The topological polar surface area (TPSA) is 216 Å². The molecule has 3 rings (SSSR count). The number of pyridine rings is 1. The smallest absolute Gasteiger partial charge is 0.239 e. The molecule has 0 saturated heterocycles. The molecule has 0 unspecified atom stereocenters. The summed E-state index contributed by atoms with van der Waals surface area (Å²) in [5, 5.41) is 10.8. The Kier molecular flexibility index (Phi) is 12.0. The Morgan fingerprint density at radius 1 is 0.810 bits per heavy atom. The quantitative estimate of drug-likeness (QED) is 0.119. The minimum absolute atomic E-state index is 0.0193. The number of fused-ring (bicyclic) bond motifs is 3. The largest absolute Gasteiger partial charge is 0.382 e. The average Bonchev–Trinajstić information content (AvgIpc) is 3.34. The summed E-state index contributed by atoms with van der Waals surface area (Å²) in [5.41, 5.74) is 13.7. The monoisotopic (exact) mass is 581 g/mol. The van der Waals surface area contributed by atoms with E-state index in [2.05, 4.69) is 37.7 Å². The van der Waals surface area contributed by atoms with Gasteiger partial charge >= 0.3 is 0 Å².